The predicted molar refractivity (Wildman–Crippen MR) is 64.4 cm³/mol. The van der Waals surface area contributed by atoms with Gasteiger partial charge in [0.25, 0.3) is 5.91 Å². The van der Waals surface area contributed by atoms with Crippen molar-refractivity contribution in [2.75, 3.05) is 5.73 Å². The quantitative estimate of drug-likeness (QED) is 0.792. The first-order valence-corrected chi connectivity index (χ1v) is 5.28. The van der Waals surface area contributed by atoms with Crippen LogP contribution in [0.5, 0.6) is 0 Å². The van der Waals surface area contributed by atoms with Crippen LogP contribution in [-0.4, -0.2) is 25.8 Å². The topological polar surface area (TPSA) is 107 Å². The third kappa shape index (κ3) is 2.97. The van der Waals surface area contributed by atoms with Gasteiger partial charge in [-0.15, -0.1) is 0 Å². The van der Waals surface area contributed by atoms with Crippen LogP contribution < -0.4 is 11.1 Å². The molecule has 1 amide bonds. The second-order valence-corrected chi connectivity index (χ2v) is 3.66. The van der Waals surface area contributed by atoms with Gasteiger partial charge in [0.05, 0.1) is 36.5 Å². The summed E-state index contributed by atoms with van der Waals surface area (Å²) >= 11 is 0. The number of anilines is 1. The fourth-order valence-electron chi connectivity index (χ4n) is 1.23. The van der Waals surface area contributed by atoms with E-state index in [4.69, 9.17) is 5.73 Å². The van der Waals surface area contributed by atoms with Gasteiger partial charge in [-0.25, -0.2) is 9.97 Å². The largest absolute Gasteiger partial charge is 0.382 e. The Morgan fingerprint density at radius 1 is 1.17 bits per heavy atom. The molecule has 2 aromatic rings. The molecule has 0 saturated heterocycles. The van der Waals surface area contributed by atoms with Crippen molar-refractivity contribution < 1.29 is 4.79 Å². The van der Waals surface area contributed by atoms with E-state index in [-0.39, 0.29) is 24.0 Å². The van der Waals surface area contributed by atoms with E-state index in [2.05, 4.69) is 25.3 Å². The molecule has 18 heavy (non-hydrogen) atoms. The molecular weight excluding hydrogens is 232 g/mol. The maximum Gasteiger partial charge on any atom is 0.271 e. The summed E-state index contributed by atoms with van der Waals surface area (Å²) in [6.45, 7) is 2.14. The Bertz CT molecular complexity index is 536. The Morgan fingerprint density at radius 3 is 2.61 bits per heavy atom. The molecule has 2 aromatic heterocycles. The van der Waals surface area contributed by atoms with E-state index in [1.807, 2.05) is 6.92 Å². The molecule has 0 aliphatic rings. The Hall–Kier alpha value is -2.57. The number of rotatable bonds is 3. The lowest BCUT2D eigenvalue weighted by atomic mass is 10.3. The summed E-state index contributed by atoms with van der Waals surface area (Å²) in [5.41, 5.74) is 7.10. The number of nitrogens with one attached hydrogen (secondary N) is 1. The molecule has 7 heteroatoms. The smallest absolute Gasteiger partial charge is 0.271 e. The molecule has 3 N–H and O–H groups in total. The van der Waals surface area contributed by atoms with Crippen LogP contribution in [0.25, 0.3) is 0 Å². The molecular formula is C11H12N6O. The van der Waals surface area contributed by atoms with Crippen molar-refractivity contribution in [2.45, 2.75) is 13.5 Å². The number of carbonyl (C=O) groups is 1. The fraction of sp³-hybridized carbons (Fsp3) is 0.182. The monoisotopic (exact) mass is 244 g/mol. The van der Waals surface area contributed by atoms with Crippen LogP contribution >= 0.6 is 0 Å². The lowest BCUT2D eigenvalue weighted by Gasteiger charge is -2.04. The van der Waals surface area contributed by atoms with E-state index < -0.39 is 0 Å². The first kappa shape index (κ1) is 11.9. The number of nitrogens with two attached hydrogens (primary N) is 1. The summed E-state index contributed by atoms with van der Waals surface area (Å²) in [4.78, 5) is 27.6. The summed E-state index contributed by atoms with van der Waals surface area (Å²) in [6, 6.07) is 0. The number of carbonyl (C=O) groups excluding carboxylic acids is 1. The van der Waals surface area contributed by atoms with Gasteiger partial charge in [0.1, 0.15) is 11.5 Å². The highest BCUT2D eigenvalue weighted by Crippen LogP contribution is 1.98. The lowest BCUT2D eigenvalue weighted by Crippen LogP contribution is -2.24. The third-order valence-corrected chi connectivity index (χ3v) is 2.17. The van der Waals surface area contributed by atoms with E-state index >= 15 is 0 Å². The second kappa shape index (κ2) is 5.17. The summed E-state index contributed by atoms with van der Waals surface area (Å²) in [5.74, 6) is -0.0548. The summed E-state index contributed by atoms with van der Waals surface area (Å²) in [5, 5.41) is 2.67. The van der Waals surface area contributed by atoms with Crippen LogP contribution in [-0.2, 0) is 6.54 Å². The standard InChI is InChI=1S/C11H12N6O/c1-7-2-14-8(3-13-7)4-17-11(18)9-5-16-10(12)6-15-9/h2-3,5-6H,4H2,1H3,(H2,12,16)(H,17,18). The molecule has 0 aliphatic heterocycles. The Labute approximate surface area is 104 Å². The molecule has 0 bridgehead atoms. The first-order valence-electron chi connectivity index (χ1n) is 5.28. The van der Waals surface area contributed by atoms with Crippen molar-refractivity contribution >= 4 is 11.7 Å². The molecule has 92 valence electrons. The number of nitrogens with zero attached hydrogens (tertiary/aromatic N) is 4. The Morgan fingerprint density at radius 2 is 2.00 bits per heavy atom. The van der Waals surface area contributed by atoms with Gasteiger partial charge in [-0.3, -0.25) is 14.8 Å². The molecule has 0 aromatic carbocycles. The Kier molecular flexibility index (Phi) is 3.42. The molecule has 7 nitrogen and oxygen atoms in total. The number of aryl methyl sites for hydroxylation is 1. The fourth-order valence-corrected chi connectivity index (χ4v) is 1.23. The molecule has 2 rings (SSSR count). The highest BCUT2D eigenvalue weighted by atomic mass is 16.1. The van der Waals surface area contributed by atoms with Gasteiger partial charge in [-0.1, -0.05) is 0 Å². The summed E-state index contributed by atoms with van der Waals surface area (Å²) in [7, 11) is 0. The minimum absolute atomic E-state index is 0.212. The zero-order chi connectivity index (χ0) is 13.0. The van der Waals surface area contributed by atoms with Crippen LogP contribution in [0, 0.1) is 6.92 Å². The average Bonchev–Trinajstić information content (AvgIpc) is 2.38. The van der Waals surface area contributed by atoms with E-state index in [1.165, 1.54) is 12.4 Å². The van der Waals surface area contributed by atoms with Gasteiger partial charge in [0, 0.05) is 6.20 Å². The number of hydrogen-bond donors (Lipinski definition) is 2. The molecule has 0 saturated carbocycles. The van der Waals surface area contributed by atoms with Crippen LogP contribution in [0.4, 0.5) is 5.82 Å². The molecule has 0 radical (unpaired) electrons. The van der Waals surface area contributed by atoms with Crippen molar-refractivity contribution in [1.29, 1.82) is 0 Å². The van der Waals surface area contributed by atoms with Gasteiger partial charge in [0.15, 0.2) is 0 Å². The number of hydrogen-bond acceptors (Lipinski definition) is 6. The summed E-state index contributed by atoms with van der Waals surface area (Å²) < 4.78 is 0. The van der Waals surface area contributed by atoms with Crippen molar-refractivity contribution in [2.24, 2.45) is 0 Å². The average molecular weight is 244 g/mol. The highest BCUT2D eigenvalue weighted by Gasteiger charge is 2.07. The van der Waals surface area contributed by atoms with Gasteiger partial charge in [0.2, 0.25) is 0 Å². The maximum absolute atomic E-state index is 11.7. The van der Waals surface area contributed by atoms with Crippen LogP contribution in [0.1, 0.15) is 21.9 Å². The van der Waals surface area contributed by atoms with Gasteiger partial charge in [-0.2, -0.15) is 0 Å². The molecule has 0 unspecified atom stereocenters. The molecule has 0 fully saturated rings. The normalized spacial score (nSPS) is 10.1. The van der Waals surface area contributed by atoms with Gasteiger partial charge < -0.3 is 11.1 Å². The van der Waals surface area contributed by atoms with E-state index in [9.17, 15) is 4.79 Å². The van der Waals surface area contributed by atoms with E-state index in [0.717, 1.165) is 5.69 Å². The lowest BCUT2D eigenvalue weighted by molar-refractivity contribution is 0.0945. The van der Waals surface area contributed by atoms with E-state index in [0.29, 0.717) is 5.69 Å². The minimum Gasteiger partial charge on any atom is -0.382 e. The SMILES string of the molecule is Cc1cnc(CNC(=O)c2cnc(N)cn2)cn1. The third-order valence-electron chi connectivity index (χ3n) is 2.17. The summed E-state index contributed by atoms with van der Waals surface area (Å²) in [6.07, 6.45) is 5.92. The van der Waals surface area contributed by atoms with Crippen LogP contribution in [0.2, 0.25) is 0 Å². The molecule has 0 aliphatic carbocycles. The van der Waals surface area contributed by atoms with Gasteiger partial charge in [-0.05, 0) is 6.92 Å². The number of aromatic nitrogens is 4. The van der Waals surface area contributed by atoms with Crippen molar-refractivity contribution in [3.05, 3.63) is 41.9 Å². The minimum atomic E-state index is -0.329. The highest BCUT2D eigenvalue weighted by molar-refractivity contribution is 5.91. The van der Waals surface area contributed by atoms with Gasteiger partial charge >= 0.3 is 0 Å². The molecule has 0 spiro atoms. The number of nitrogen functional groups attached to an aromatic ring is 1. The zero-order valence-electron chi connectivity index (χ0n) is 9.79. The van der Waals surface area contributed by atoms with E-state index in [1.54, 1.807) is 12.4 Å². The van der Waals surface area contributed by atoms with Crippen LogP contribution in [0.3, 0.4) is 0 Å². The van der Waals surface area contributed by atoms with Crippen molar-refractivity contribution in [3.63, 3.8) is 0 Å². The zero-order valence-corrected chi connectivity index (χ0v) is 9.79. The number of amides is 1. The predicted octanol–water partition coefficient (Wildman–Crippen LogP) is 0.0872. The van der Waals surface area contributed by atoms with Crippen molar-refractivity contribution in [3.8, 4) is 0 Å². The molecule has 0 atom stereocenters. The molecule has 2 heterocycles. The first-order chi connectivity index (χ1) is 8.65. The Balaban J connectivity index is 1.96. The van der Waals surface area contributed by atoms with Crippen molar-refractivity contribution in [1.82, 2.24) is 25.3 Å². The maximum atomic E-state index is 11.7. The van der Waals surface area contributed by atoms with Crippen LogP contribution in [0.15, 0.2) is 24.8 Å². The second-order valence-electron chi connectivity index (χ2n) is 3.66.